The van der Waals surface area contributed by atoms with Gasteiger partial charge in [0.05, 0.1) is 17.5 Å². The monoisotopic (exact) mass is 272 g/mol. The van der Waals surface area contributed by atoms with E-state index in [1.165, 1.54) is 10.9 Å². The second-order valence-electron chi connectivity index (χ2n) is 4.46. The number of amides is 1. The number of hydrogen-bond donors (Lipinski definition) is 1. The Bertz CT molecular complexity index is 703. The number of nitriles is 1. The van der Waals surface area contributed by atoms with Gasteiger partial charge in [-0.2, -0.15) is 15.5 Å². The van der Waals surface area contributed by atoms with Crippen molar-refractivity contribution in [2.45, 2.75) is 27.3 Å². The van der Waals surface area contributed by atoms with E-state index in [-0.39, 0.29) is 5.91 Å². The molecule has 1 N–H and O–H groups in total. The molecule has 0 aliphatic carbocycles. The summed E-state index contributed by atoms with van der Waals surface area (Å²) in [5.41, 5.74) is 2.35. The van der Waals surface area contributed by atoms with Gasteiger partial charge in [0.15, 0.2) is 0 Å². The lowest BCUT2D eigenvalue weighted by Gasteiger charge is -2.06. The van der Waals surface area contributed by atoms with Crippen LogP contribution < -0.4 is 5.32 Å². The maximum absolute atomic E-state index is 12.4. The minimum Gasteiger partial charge on any atom is -0.306 e. The summed E-state index contributed by atoms with van der Waals surface area (Å²) in [5, 5.41) is 20.0. The van der Waals surface area contributed by atoms with Crippen molar-refractivity contribution in [1.29, 1.82) is 5.26 Å². The van der Waals surface area contributed by atoms with E-state index < -0.39 is 0 Å². The Morgan fingerprint density at radius 1 is 1.50 bits per heavy atom. The molecular formula is C13H16N6O. The fraction of sp³-hybridized carbons (Fsp3) is 0.385. The Balaban J connectivity index is 2.36. The van der Waals surface area contributed by atoms with Gasteiger partial charge in [-0.05, 0) is 20.8 Å². The molecule has 2 aromatic rings. The third-order valence-electron chi connectivity index (χ3n) is 3.20. The minimum atomic E-state index is -0.278. The van der Waals surface area contributed by atoms with Gasteiger partial charge in [-0.3, -0.25) is 14.2 Å². The quantitative estimate of drug-likeness (QED) is 0.914. The molecule has 0 saturated heterocycles. The van der Waals surface area contributed by atoms with Crippen molar-refractivity contribution in [3.63, 3.8) is 0 Å². The first-order valence-electron chi connectivity index (χ1n) is 6.27. The summed E-state index contributed by atoms with van der Waals surface area (Å²) < 4.78 is 3.24. The third-order valence-corrected chi connectivity index (χ3v) is 3.20. The first-order chi connectivity index (χ1) is 9.49. The van der Waals surface area contributed by atoms with Crippen molar-refractivity contribution in [1.82, 2.24) is 19.6 Å². The van der Waals surface area contributed by atoms with E-state index in [1.807, 2.05) is 19.9 Å². The van der Waals surface area contributed by atoms with E-state index in [1.54, 1.807) is 18.7 Å². The molecule has 2 rings (SSSR count). The largest absolute Gasteiger partial charge is 0.306 e. The summed E-state index contributed by atoms with van der Waals surface area (Å²) in [6.45, 7) is 6.32. The van der Waals surface area contributed by atoms with E-state index in [0.717, 1.165) is 5.69 Å². The maximum Gasteiger partial charge on any atom is 0.260 e. The van der Waals surface area contributed by atoms with Crippen molar-refractivity contribution in [2.24, 2.45) is 7.05 Å². The summed E-state index contributed by atoms with van der Waals surface area (Å²) in [7, 11) is 1.67. The summed E-state index contributed by atoms with van der Waals surface area (Å²) in [5.74, 6) is 0.111. The number of carbonyl (C=O) groups excluding carboxylic acids is 1. The van der Waals surface area contributed by atoms with Crippen LogP contribution in [0.15, 0.2) is 6.20 Å². The molecule has 2 heterocycles. The average molecular weight is 272 g/mol. The molecule has 0 fully saturated rings. The number of aryl methyl sites for hydroxylation is 3. The number of anilines is 1. The lowest BCUT2D eigenvalue weighted by Crippen LogP contribution is -2.17. The van der Waals surface area contributed by atoms with Gasteiger partial charge in [0.25, 0.3) is 5.91 Å². The van der Waals surface area contributed by atoms with Crippen LogP contribution in [0.1, 0.15) is 34.2 Å². The van der Waals surface area contributed by atoms with Crippen LogP contribution in [0, 0.1) is 25.2 Å². The minimum absolute atomic E-state index is 0.278. The molecule has 0 unspecified atom stereocenters. The van der Waals surface area contributed by atoms with Gasteiger partial charge in [0.1, 0.15) is 17.5 Å². The molecule has 0 aliphatic rings. The number of aromatic nitrogens is 4. The molecular weight excluding hydrogens is 256 g/mol. The van der Waals surface area contributed by atoms with Gasteiger partial charge < -0.3 is 5.32 Å². The van der Waals surface area contributed by atoms with Crippen LogP contribution in [-0.4, -0.2) is 25.5 Å². The molecule has 7 heteroatoms. The molecule has 0 aromatic carbocycles. The van der Waals surface area contributed by atoms with E-state index in [2.05, 4.69) is 15.5 Å². The molecule has 0 radical (unpaired) electrons. The Kier molecular flexibility index (Phi) is 3.57. The van der Waals surface area contributed by atoms with Gasteiger partial charge in [-0.15, -0.1) is 0 Å². The van der Waals surface area contributed by atoms with Crippen LogP contribution in [0.5, 0.6) is 0 Å². The molecule has 20 heavy (non-hydrogen) atoms. The second kappa shape index (κ2) is 5.17. The molecule has 2 aromatic heterocycles. The van der Waals surface area contributed by atoms with Crippen molar-refractivity contribution in [3.8, 4) is 6.07 Å². The van der Waals surface area contributed by atoms with Gasteiger partial charge in [0.2, 0.25) is 0 Å². The van der Waals surface area contributed by atoms with E-state index in [4.69, 9.17) is 5.26 Å². The second-order valence-corrected chi connectivity index (χ2v) is 4.46. The number of rotatable bonds is 3. The highest BCUT2D eigenvalue weighted by molar-refractivity contribution is 6.06. The molecule has 7 nitrogen and oxygen atoms in total. The average Bonchev–Trinajstić information content (AvgIpc) is 2.90. The zero-order valence-electron chi connectivity index (χ0n) is 11.9. The normalized spacial score (nSPS) is 10.3. The molecule has 104 valence electrons. The topological polar surface area (TPSA) is 88.5 Å². The van der Waals surface area contributed by atoms with Crippen LogP contribution in [-0.2, 0) is 13.6 Å². The molecule has 1 amide bonds. The molecule has 0 bridgehead atoms. The first kappa shape index (κ1) is 13.8. The fourth-order valence-electron chi connectivity index (χ4n) is 2.17. The highest BCUT2D eigenvalue weighted by atomic mass is 16.1. The van der Waals surface area contributed by atoms with Gasteiger partial charge in [-0.1, -0.05) is 0 Å². The molecule has 0 atom stereocenters. The number of nitrogens with zero attached hydrogens (tertiary/aromatic N) is 5. The summed E-state index contributed by atoms with van der Waals surface area (Å²) >= 11 is 0. The lowest BCUT2D eigenvalue weighted by molar-refractivity contribution is 0.102. The number of nitrogens with one attached hydrogen (secondary N) is 1. The van der Waals surface area contributed by atoms with Crippen LogP contribution in [0.2, 0.25) is 0 Å². The molecule has 0 aliphatic heterocycles. The predicted octanol–water partition coefficient (Wildman–Crippen LogP) is 1.38. The zero-order valence-corrected chi connectivity index (χ0v) is 11.9. The van der Waals surface area contributed by atoms with E-state index in [0.29, 0.717) is 29.2 Å². The standard InChI is InChI=1S/C13H16N6O/c1-5-19-9(3)11(8(2)17-19)13(20)16-12-10(6-14)7-15-18(12)4/h7H,5H2,1-4H3,(H,16,20). The molecule has 0 saturated carbocycles. The maximum atomic E-state index is 12.4. The van der Waals surface area contributed by atoms with Crippen molar-refractivity contribution in [3.05, 3.63) is 28.7 Å². The van der Waals surface area contributed by atoms with Crippen molar-refractivity contribution >= 4 is 11.7 Å². The highest BCUT2D eigenvalue weighted by Gasteiger charge is 2.20. The number of hydrogen-bond acceptors (Lipinski definition) is 4. The predicted molar refractivity (Wildman–Crippen MR) is 73.3 cm³/mol. The summed E-state index contributed by atoms with van der Waals surface area (Å²) in [6, 6.07) is 2.00. The van der Waals surface area contributed by atoms with Gasteiger partial charge >= 0.3 is 0 Å². The zero-order chi connectivity index (χ0) is 14.9. The Hall–Kier alpha value is -2.62. The van der Waals surface area contributed by atoms with Gasteiger partial charge in [-0.25, -0.2) is 0 Å². The smallest absolute Gasteiger partial charge is 0.260 e. The third kappa shape index (κ3) is 2.16. The number of carbonyl (C=O) groups is 1. The van der Waals surface area contributed by atoms with Crippen LogP contribution in [0.25, 0.3) is 0 Å². The van der Waals surface area contributed by atoms with E-state index in [9.17, 15) is 4.79 Å². The fourth-order valence-corrected chi connectivity index (χ4v) is 2.17. The Morgan fingerprint density at radius 3 is 2.75 bits per heavy atom. The van der Waals surface area contributed by atoms with Gasteiger partial charge in [0, 0.05) is 19.3 Å². The Morgan fingerprint density at radius 2 is 2.20 bits per heavy atom. The summed E-state index contributed by atoms with van der Waals surface area (Å²) in [4.78, 5) is 12.4. The molecule has 0 spiro atoms. The van der Waals surface area contributed by atoms with Crippen molar-refractivity contribution in [2.75, 3.05) is 5.32 Å². The van der Waals surface area contributed by atoms with Crippen LogP contribution in [0.3, 0.4) is 0 Å². The SMILES string of the molecule is CCn1nc(C)c(C(=O)Nc2c(C#N)cnn2C)c1C. The first-order valence-corrected chi connectivity index (χ1v) is 6.27. The van der Waals surface area contributed by atoms with Crippen LogP contribution >= 0.6 is 0 Å². The van der Waals surface area contributed by atoms with E-state index >= 15 is 0 Å². The van der Waals surface area contributed by atoms with Crippen molar-refractivity contribution < 1.29 is 4.79 Å². The Labute approximate surface area is 116 Å². The summed E-state index contributed by atoms with van der Waals surface area (Å²) in [6.07, 6.45) is 1.42. The lowest BCUT2D eigenvalue weighted by atomic mass is 10.2. The van der Waals surface area contributed by atoms with Crippen LogP contribution in [0.4, 0.5) is 5.82 Å². The highest BCUT2D eigenvalue weighted by Crippen LogP contribution is 2.18.